The summed E-state index contributed by atoms with van der Waals surface area (Å²) in [4.78, 5) is 23.8. The number of methoxy groups -OCH3 is 4. The maximum atomic E-state index is 13.8. The molecule has 1 amide bonds. The normalized spacial score (nSPS) is 15.7. The van der Waals surface area contributed by atoms with E-state index in [2.05, 4.69) is 5.32 Å². The third-order valence-corrected chi connectivity index (χ3v) is 7.53. The molecular weight excluding hydrogens is 464 g/mol. The minimum Gasteiger partial charge on any atom is -0.495 e. The number of rotatable bonds is 8. The number of hydrogen-bond acceptors (Lipinski definition) is 8. The lowest BCUT2D eigenvalue weighted by molar-refractivity contribution is -0.141. The summed E-state index contributed by atoms with van der Waals surface area (Å²) in [6.45, 7) is 1.45. The van der Waals surface area contributed by atoms with E-state index in [0.29, 0.717) is 29.2 Å². The van der Waals surface area contributed by atoms with Gasteiger partial charge in [0.05, 0.1) is 51.5 Å². The van der Waals surface area contributed by atoms with E-state index in [4.69, 9.17) is 18.9 Å². The molecule has 0 bridgehead atoms. The van der Waals surface area contributed by atoms with Gasteiger partial charge in [0.2, 0.25) is 15.9 Å². The fourth-order valence-electron chi connectivity index (χ4n) is 4.02. The molecule has 0 unspecified atom stereocenters. The predicted octanol–water partition coefficient (Wildman–Crippen LogP) is 2.52. The molecule has 0 saturated heterocycles. The lowest BCUT2D eigenvalue weighted by atomic mass is 9.91. The van der Waals surface area contributed by atoms with Gasteiger partial charge in [-0.05, 0) is 47.9 Å². The SMILES string of the molecule is COC(=O)C[C@@H]1c2cc(OC)c(OC)cc2CCN1S(=O)(=O)c1ccc(OC)c(NC(C)=O)c1. The van der Waals surface area contributed by atoms with Gasteiger partial charge < -0.3 is 24.3 Å². The van der Waals surface area contributed by atoms with Crippen LogP contribution in [0.2, 0.25) is 0 Å². The fraction of sp³-hybridized carbons (Fsp3) is 0.391. The average molecular weight is 493 g/mol. The third-order valence-electron chi connectivity index (χ3n) is 5.63. The average Bonchev–Trinajstić information content (AvgIpc) is 2.82. The molecule has 10 nitrogen and oxygen atoms in total. The summed E-state index contributed by atoms with van der Waals surface area (Å²) in [5.74, 6) is 0.337. The Hall–Kier alpha value is -3.31. The molecule has 1 atom stereocenters. The highest BCUT2D eigenvalue weighted by atomic mass is 32.2. The largest absolute Gasteiger partial charge is 0.495 e. The van der Waals surface area contributed by atoms with E-state index in [9.17, 15) is 18.0 Å². The molecule has 3 rings (SSSR count). The van der Waals surface area contributed by atoms with E-state index in [1.165, 1.54) is 57.9 Å². The second kappa shape index (κ2) is 10.3. The van der Waals surface area contributed by atoms with Crippen LogP contribution in [0.4, 0.5) is 5.69 Å². The molecule has 1 N–H and O–H groups in total. The van der Waals surface area contributed by atoms with Crippen LogP contribution in [0.3, 0.4) is 0 Å². The number of anilines is 1. The number of nitrogens with one attached hydrogen (secondary N) is 1. The first-order valence-electron chi connectivity index (χ1n) is 10.4. The summed E-state index contributed by atoms with van der Waals surface area (Å²) in [5.41, 5.74) is 1.71. The van der Waals surface area contributed by atoms with Crippen molar-refractivity contribution in [1.82, 2.24) is 4.31 Å². The smallest absolute Gasteiger partial charge is 0.307 e. The number of amides is 1. The molecule has 1 aliphatic rings. The number of sulfonamides is 1. The van der Waals surface area contributed by atoms with Crippen LogP contribution in [0.5, 0.6) is 17.2 Å². The van der Waals surface area contributed by atoms with E-state index in [-0.39, 0.29) is 29.5 Å². The highest BCUT2D eigenvalue weighted by molar-refractivity contribution is 7.89. The molecule has 0 spiro atoms. The number of hydrogen-bond donors (Lipinski definition) is 1. The molecule has 184 valence electrons. The van der Waals surface area contributed by atoms with Gasteiger partial charge in [-0.25, -0.2) is 8.42 Å². The summed E-state index contributed by atoms with van der Waals surface area (Å²) in [6.07, 6.45) is 0.216. The summed E-state index contributed by atoms with van der Waals surface area (Å²) in [6, 6.07) is 6.88. The van der Waals surface area contributed by atoms with Crippen LogP contribution in [0.1, 0.15) is 30.5 Å². The van der Waals surface area contributed by atoms with Gasteiger partial charge in [-0.1, -0.05) is 0 Å². The number of esters is 1. The number of benzene rings is 2. The molecule has 1 heterocycles. The van der Waals surface area contributed by atoms with Crippen LogP contribution in [-0.2, 0) is 30.8 Å². The van der Waals surface area contributed by atoms with Crippen molar-refractivity contribution in [2.75, 3.05) is 40.3 Å². The first-order chi connectivity index (χ1) is 16.2. The summed E-state index contributed by atoms with van der Waals surface area (Å²) in [7, 11) is 1.60. The lowest BCUT2D eigenvalue weighted by Crippen LogP contribution is -2.41. The zero-order chi connectivity index (χ0) is 25.0. The molecule has 2 aromatic carbocycles. The zero-order valence-corrected chi connectivity index (χ0v) is 20.5. The maximum absolute atomic E-state index is 13.8. The zero-order valence-electron chi connectivity index (χ0n) is 19.7. The van der Waals surface area contributed by atoms with Crippen LogP contribution >= 0.6 is 0 Å². The van der Waals surface area contributed by atoms with Gasteiger partial charge in [0.15, 0.2) is 11.5 Å². The molecular formula is C23H28N2O8S. The summed E-state index contributed by atoms with van der Waals surface area (Å²) < 4.78 is 49.6. The number of ether oxygens (including phenoxy) is 4. The number of fused-ring (bicyclic) bond motifs is 1. The Bertz CT molecular complexity index is 1200. The molecule has 0 radical (unpaired) electrons. The number of nitrogens with zero attached hydrogens (tertiary/aromatic N) is 1. The fourth-order valence-corrected chi connectivity index (χ4v) is 5.65. The van der Waals surface area contributed by atoms with Gasteiger partial charge in [-0.15, -0.1) is 0 Å². The van der Waals surface area contributed by atoms with Gasteiger partial charge in [0, 0.05) is 13.5 Å². The Morgan fingerprint density at radius 2 is 1.65 bits per heavy atom. The van der Waals surface area contributed by atoms with Gasteiger partial charge in [-0.3, -0.25) is 9.59 Å². The van der Waals surface area contributed by atoms with Crippen molar-refractivity contribution in [2.45, 2.75) is 30.7 Å². The van der Waals surface area contributed by atoms with Gasteiger partial charge >= 0.3 is 5.97 Å². The van der Waals surface area contributed by atoms with Gasteiger partial charge in [0.1, 0.15) is 5.75 Å². The monoisotopic (exact) mass is 492 g/mol. The molecule has 34 heavy (non-hydrogen) atoms. The van der Waals surface area contributed by atoms with Crippen molar-refractivity contribution in [2.24, 2.45) is 0 Å². The first kappa shape index (κ1) is 25.3. The summed E-state index contributed by atoms with van der Waals surface area (Å²) in [5, 5.41) is 2.58. The van der Waals surface area contributed by atoms with Crippen LogP contribution in [-0.4, -0.2) is 59.6 Å². The van der Waals surface area contributed by atoms with Crippen molar-refractivity contribution in [3.05, 3.63) is 41.5 Å². The number of carbonyl (C=O) groups excluding carboxylic acids is 2. The van der Waals surface area contributed by atoms with E-state index in [1.807, 2.05) is 0 Å². The standard InChI is InChI=1S/C23H28N2O8S/c1-14(26)24-18-11-16(6-7-20(18)30-2)34(28,29)25-9-8-15-10-21(31-3)22(32-4)12-17(15)19(25)13-23(27)33-5/h6-7,10-12,19H,8-9,13H2,1-5H3,(H,24,26)/t19-/m1/s1. The van der Waals surface area contributed by atoms with Crippen molar-refractivity contribution in [1.29, 1.82) is 0 Å². The maximum Gasteiger partial charge on any atom is 0.307 e. The minimum absolute atomic E-state index is 0.0455. The lowest BCUT2D eigenvalue weighted by Gasteiger charge is -2.36. The van der Waals surface area contributed by atoms with Crippen LogP contribution < -0.4 is 19.5 Å². The Kier molecular flexibility index (Phi) is 7.68. The Morgan fingerprint density at radius 1 is 1.00 bits per heavy atom. The second-order valence-corrected chi connectivity index (χ2v) is 9.50. The molecule has 1 aliphatic heterocycles. The van der Waals surface area contributed by atoms with E-state index < -0.39 is 22.0 Å². The van der Waals surface area contributed by atoms with Crippen molar-refractivity contribution in [3.63, 3.8) is 0 Å². The van der Waals surface area contributed by atoms with Gasteiger partial charge in [-0.2, -0.15) is 4.31 Å². The quantitative estimate of drug-likeness (QED) is 0.558. The summed E-state index contributed by atoms with van der Waals surface area (Å²) >= 11 is 0. The number of carbonyl (C=O) groups is 2. The van der Waals surface area contributed by atoms with E-state index in [1.54, 1.807) is 12.1 Å². The molecule has 0 saturated carbocycles. The Balaban J connectivity index is 2.12. The first-order valence-corrected chi connectivity index (χ1v) is 11.9. The third kappa shape index (κ3) is 4.95. The van der Waals surface area contributed by atoms with Crippen molar-refractivity contribution < 1.29 is 37.0 Å². The molecule has 0 aliphatic carbocycles. The Morgan fingerprint density at radius 3 is 2.24 bits per heavy atom. The van der Waals surface area contributed by atoms with Crippen LogP contribution in [0, 0.1) is 0 Å². The Labute approximate surface area is 198 Å². The minimum atomic E-state index is -4.08. The molecule has 11 heteroatoms. The predicted molar refractivity (Wildman–Crippen MR) is 124 cm³/mol. The second-order valence-electron chi connectivity index (χ2n) is 7.61. The highest BCUT2D eigenvalue weighted by Crippen LogP contribution is 2.42. The molecule has 0 aromatic heterocycles. The van der Waals surface area contributed by atoms with Crippen LogP contribution in [0.25, 0.3) is 0 Å². The van der Waals surface area contributed by atoms with Crippen LogP contribution in [0.15, 0.2) is 35.2 Å². The molecule has 0 fully saturated rings. The van der Waals surface area contributed by atoms with E-state index >= 15 is 0 Å². The topological polar surface area (TPSA) is 120 Å². The molecule has 2 aromatic rings. The van der Waals surface area contributed by atoms with Crippen molar-refractivity contribution >= 4 is 27.6 Å². The highest BCUT2D eigenvalue weighted by Gasteiger charge is 2.39. The van der Waals surface area contributed by atoms with Crippen molar-refractivity contribution in [3.8, 4) is 17.2 Å². The van der Waals surface area contributed by atoms with Gasteiger partial charge in [0.25, 0.3) is 0 Å². The van der Waals surface area contributed by atoms with E-state index in [0.717, 1.165) is 5.56 Å².